The molecular weight excluding hydrogens is 226 g/mol. The van der Waals surface area contributed by atoms with Crippen molar-refractivity contribution in [2.45, 2.75) is 12.8 Å². The first-order valence-electron chi connectivity index (χ1n) is 5.84. The minimum absolute atomic E-state index is 0.0916. The summed E-state index contributed by atoms with van der Waals surface area (Å²) >= 11 is 0. The SMILES string of the molecule is [N-]=[N+]=NCCCC(=O)c1ccc2ccccc2c1. The van der Waals surface area contributed by atoms with Crippen LogP contribution in [0.15, 0.2) is 47.6 Å². The highest BCUT2D eigenvalue weighted by Gasteiger charge is 2.05. The number of nitrogens with zero attached hydrogens (tertiary/aromatic N) is 3. The molecule has 0 aliphatic rings. The quantitative estimate of drug-likeness (QED) is 0.254. The van der Waals surface area contributed by atoms with Crippen molar-refractivity contribution in [2.24, 2.45) is 5.11 Å². The molecule has 0 N–H and O–H groups in total. The van der Waals surface area contributed by atoms with Gasteiger partial charge < -0.3 is 0 Å². The fraction of sp³-hybridized carbons (Fsp3) is 0.214. The smallest absolute Gasteiger partial charge is 0.162 e. The molecule has 0 aliphatic heterocycles. The molecule has 0 radical (unpaired) electrons. The maximum Gasteiger partial charge on any atom is 0.162 e. The Hall–Kier alpha value is -2.32. The van der Waals surface area contributed by atoms with Crippen molar-refractivity contribution in [1.29, 1.82) is 0 Å². The summed E-state index contributed by atoms with van der Waals surface area (Å²) in [6.07, 6.45) is 1.01. The lowest BCUT2D eigenvalue weighted by atomic mass is 10.0. The summed E-state index contributed by atoms with van der Waals surface area (Å²) < 4.78 is 0. The summed E-state index contributed by atoms with van der Waals surface area (Å²) in [6, 6.07) is 13.7. The Morgan fingerprint density at radius 2 is 1.94 bits per heavy atom. The molecule has 2 rings (SSSR count). The van der Waals surface area contributed by atoms with Gasteiger partial charge in [0.15, 0.2) is 5.78 Å². The van der Waals surface area contributed by atoms with Gasteiger partial charge >= 0.3 is 0 Å². The van der Waals surface area contributed by atoms with Crippen LogP contribution in [0.5, 0.6) is 0 Å². The second-order valence-corrected chi connectivity index (χ2v) is 4.04. The van der Waals surface area contributed by atoms with Gasteiger partial charge in [-0.1, -0.05) is 41.5 Å². The van der Waals surface area contributed by atoms with Gasteiger partial charge in [-0.15, -0.1) is 0 Å². The summed E-state index contributed by atoms with van der Waals surface area (Å²) in [5.41, 5.74) is 8.86. The van der Waals surface area contributed by atoms with Crippen molar-refractivity contribution < 1.29 is 4.79 Å². The van der Waals surface area contributed by atoms with E-state index in [-0.39, 0.29) is 5.78 Å². The molecule has 0 aliphatic carbocycles. The molecule has 2 aromatic rings. The van der Waals surface area contributed by atoms with Gasteiger partial charge in [0.1, 0.15) is 0 Å². The normalized spacial score (nSPS) is 10.0. The first kappa shape index (κ1) is 12.1. The van der Waals surface area contributed by atoms with E-state index in [9.17, 15) is 4.79 Å². The van der Waals surface area contributed by atoms with Gasteiger partial charge in [-0.3, -0.25) is 4.79 Å². The monoisotopic (exact) mass is 239 g/mol. The van der Waals surface area contributed by atoms with Crippen LogP contribution in [0.1, 0.15) is 23.2 Å². The van der Waals surface area contributed by atoms with Crippen molar-refractivity contribution in [2.75, 3.05) is 6.54 Å². The number of benzene rings is 2. The van der Waals surface area contributed by atoms with Crippen molar-refractivity contribution in [3.63, 3.8) is 0 Å². The van der Waals surface area contributed by atoms with E-state index in [4.69, 9.17) is 5.53 Å². The number of fused-ring (bicyclic) bond motifs is 1. The van der Waals surface area contributed by atoms with Gasteiger partial charge in [-0.25, -0.2) is 0 Å². The molecule has 0 saturated heterocycles. The molecule has 0 aromatic heterocycles. The Kier molecular flexibility index (Phi) is 3.94. The molecule has 0 fully saturated rings. The third-order valence-corrected chi connectivity index (χ3v) is 2.80. The summed E-state index contributed by atoms with van der Waals surface area (Å²) in [5, 5.41) is 5.61. The first-order valence-corrected chi connectivity index (χ1v) is 5.84. The van der Waals surface area contributed by atoms with Crippen molar-refractivity contribution >= 4 is 16.6 Å². The zero-order valence-corrected chi connectivity index (χ0v) is 9.91. The number of hydrogen-bond acceptors (Lipinski definition) is 2. The van der Waals surface area contributed by atoms with Crippen molar-refractivity contribution in [1.82, 2.24) is 0 Å². The fourth-order valence-corrected chi connectivity index (χ4v) is 1.86. The van der Waals surface area contributed by atoms with E-state index in [2.05, 4.69) is 10.0 Å². The van der Waals surface area contributed by atoms with Crippen molar-refractivity contribution in [3.05, 3.63) is 58.5 Å². The Morgan fingerprint density at radius 1 is 1.17 bits per heavy atom. The zero-order chi connectivity index (χ0) is 12.8. The summed E-state index contributed by atoms with van der Waals surface area (Å²) in [5.74, 6) is 0.0916. The average Bonchev–Trinajstić information content (AvgIpc) is 2.43. The predicted molar refractivity (Wildman–Crippen MR) is 71.5 cm³/mol. The molecule has 0 bridgehead atoms. The fourth-order valence-electron chi connectivity index (χ4n) is 1.86. The van der Waals surface area contributed by atoms with Crippen LogP contribution in [0, 0.1) is 0 Å². The Bertz CT molecular complexity index is 615. The van der Waals surface area contributed by atoms with Gasteiger partial charge in [-0.2, -0.15) is 0 Å². The summed E-state index contributed by atoms with van der Waals surface area (Å²) in [7, 11) is 0. The highest BCUT2D eigenvalue weighted by Crippen LogP contribution is 2.17. The third kappa shape index (κ3) is 2.87. The molecule has 0 unspecified atom stereocenters. The molecule has 4 nitrogen and oxygen atoms in total. The Balaban J connectivity index is 2.10. The van der Waals surface area contributed by atoms with E-state index in [0.29, 0.717) is 19.4 Å². The maximum absolute atomic E-state index is 11.9. The van der Waals surface area contributed by atoms with Crippen LogP contribution in [0.25, 0.3) is 21.2 Å². The predicted octanol–water partition coefficient (Wildman–Crippen LogP) is 4.11. The minimum atomic E-state index is 0.0916. The number of azide groups is 1. The molecule has 0 spiro atoms. The molecule has 90 valence electrons. The van der Waals surface area contributed by atoms with Crippen LogP contribution < -0.4 is 0 Å². The van der Waals surface area contributed by atoms with E-state index in [0.717, 1.165) is 16.3 Å². The van der Waals surface area contributed by atoms with Gasteiger partial charge in [0, 0.05) is 23.4 Å². The second-order valence-electron chi connectivity index (χ2n) is 4.04. The molecule has 2 aromatic carbocycles. The molecule has 0 atom stereocenters. The highest BCUT2D eigenvalue weighted by atomic mass is 16.1. The summed E-state index contributed by atoms with van der Waals surface area (Å²) in [4.78, 5) is 14.6. The average molecular weight is 239 g/mol. The minimum Gasteiger partial charge on any atom is -0.294 e. The van der Waals surface area contributed by atoms with E-state index in [1.54, 1.807) is 0 Å². The Morgan fingerprint density at radius 3 is 2.72 bits per heavy atom. The van der Waals surface area contributed by atoms with Gasteiger partial charge in [0.25, 0.3) is 0 Å². The van der Waals surface area contributed by atoms with Crippen molar-refractivity contribution in [3.8, 4) is 0 Å². The Labute approximate surface area is 105 Å². The number of hydrogen-bond donors (Lipinski definition) is 0. The topological polar surface area (TPSA) is 65.8 Å². The molecule has 0 heterocycles. The van der Waals surface area contributed by atoms with Gasteiger partial charge in [-0.05, 0) is 28.8 Å². The lowest BCUT2D eigenvalue weighted by molar-refractivity contribution is 0.0981. The largest absolute Gasteiger partial charge is 0.294 e. The number of Topliss-reactive ketones (excluding diaryl/α,β-unsaturated/α-hetero) is 1. The van der Waals surface area contributed by atoms with Crippen LogP contribution in [0.2, 0.25) is 0 Å². The zero-order valence-electron chi connectivity index (χ0n) is 9.91. The van der Waals surface area contributed by atoms with E-state index in [1.807, 2.05) is 42.5 Å². The van der Waals surface area contributed by atoms with Gasteiger partial charge in [0.2, 0.25) is 0 Å². The number of rotatable bonds is 5. The molecular formula is C14H13N3O. The standard InChI is InChI=1S/C14H13N3O/c15-17-16-9-3-6-14(18)13-8-7-11-4-1-2-5-12(11)10-13/h1-2,4-5,7-8,10H,3,6,9H2. The number of carbonyl (C=O) groups excluding carboxylic acids is 1. The lowest BCUT2D eigenvalue weighted by Crippen LogP contribution is -1.99. The van der Waals surface area contributed by atoms with Gasteiger partial charge in [0.05, 0.1) is 0 Å². The van der Waals surface area contributed by atoms with Crippen LogP contribution in [0.3, 0.4) is 0 Å². The third-order valence-electron chi connectivity index (χ3n) is 2.80. The van der Waals surface area contributed by atoms with E-state index < -0.39 is 0 Å². The van der Waals surface area contributed by atoms with Crippen LogP contribution in [-0.2, 0) is 0 Å². The molecule has 0 saturated carbocycles. The number of carbonyl (C=O) groups is 1. The first-order chi connectivity index (χ1) is 8.81. The van der Waals surface area contributed by atoms with Crippen LogP contribution in [-0.4, -0.2) is 12.3 Å². The highest BCUT2D eigenvalue weighted by molar-refractivity contribution is 5.99. The second kappa shape index (κ2) is 5.84. The van der Waals surface area contributed by atoms with E-state index in [1.165, 1.54) is 0 Å². The molecule has 4 heteroatoms. The molecule has 0 amide bonds. The maximum atomic E-state index is 11.9. The van der Waals surface area contributed by atoms with Crippen LogP contribution in [0.4, 0.5) is 0 Å². The lowest BCUT2D eigenvalue weighted by Gasteiger charge is -2.02. The van der Waals surface area contributed by atoms with Crippen LogP contribution >= 0.6 is 0 Å². The summed E-state index contributed by atoms with van der Waals surface area (Å²) in [6.45, 7) is 0.371. The molecule has 18 heavy (non-hydrogen) atoms. The van der Waals surface area contributed by atoms with E-state index >= 15 is 0 Å². The number of ketones is 1.